The Morgan fingerprint density at radius 3 is 2.44 bits per heavy atom. The van der Waals surface area contributed by atoms with Gasteiger partial charge in [-0.3, -0.25) is 9.59 Å². The van der Waals surface area contributed by atoms with Gasteiger partial charge < -0.3 is 24.9 Å². The van der Waals surface area contributed by atoms with Gasteiger partial charge in [0.05, 0.1) is 16.7 Å². The minimum Gasteiger partial charge on any atom is -0.398 e. The third kappa shape index (κ3) is 3.67. The first-order chi connectivity index (χ1) is 15.0. The molecule has 0 unspecified atom stereocenters. The number of aromatic nitrogens is 2. The van der Waals surface area contributed by atoms with Gasteiger partial charge in [0.25, 0.3) is 5.91 Å². The van der Waals surface area contributed by atoms with Gasteiger partial charge in [-0.15, -0.1) is 0 Å². The summed E-state index contributed by atoms with van der Waals surface area (Å²) in [6.45, 7) is 10.6. The molecule has 1 aliphatic rings. The van der Waals surface area contributed by atoms with Crippen molar-refractivity contribution < 1.29 is 18.9 Å². The van der Waals surface area contributed by atoms with E-state index in [9.17, 15) is 9.59 Å². The van der Waals surface area contributed by atoms with Crippen molar-refractivity contribution in [3.63, 3.8) is 0 Å². The Morgan fingerprint density at radius 2 is 1.81 bits per heavy atom. The maximum Gasteiger partial charge on any atom is 0.512 e. The lowest BCUT2D eigenvalue weighted by molar-refractivity contribution is 0.00578. The largest absolute Gasteiger partial charge is 0.512 e. The molecule has 3 N–H and O–H groups in total. The molecule has 1 aromatic carbocycles. The van der Waals surface area contributed by atoms with Gasteiger partial charge in [-0.05, 0) is 65.0 Å². The number of nitrogens with zero attached hydrogens (tertiary/aromatic N) is 2. The van der Waals surface area contributed by atoms with E-state index in [1.54, 1.807) is 24.4 Å². The number of rotatable bonds is 5. The van der Waals surface area contributed by atoms with Crippen molar-refractivity contribution in [2.45, 2.75) is 52.4 Å². The predicted octanol–water partition coefficient (Wildman–Crippen LogP) is 2.71. The van der Waals surface area contributed by atoms with Crippen molar-refractivity contribution in [3.05, 3.63) is 53.9 Å². The number of carbonyl (C=O) groups excluding carboxylic acids is 2. The number of nitrogens with one attached hydrogen (secondary N) is 1. The minimum atomic E-state index is -0.562. The lowest BCUT2D eigenvalue weighted by Gasteiger charge is -2.32. The quantitative estimate of drug-likeness (QED) is 0.601. The van der Waals surface area contributed by atoms with E-state index < -0.39 is 24.2 Å². The van der Waals surface area contributed by atoms with Crippen molar-refractivity contribution in [1.82, 2.24) is 9.55 Å². The molecule has 3 aromatic rings. The molecule has 1 fully saturated rings. The lowest BCUT2D eigenvalue weighted by Crippen LogP contribution is -2.41. The van der Waals surface area contributed by atoms with Gasteiger partial charge >= 0.3 is 7.12 Å². The molecule has 166 valence electrons. The summed E-state index contributed by atoms with van der Waals surface area (Å²) < 4.78 is 14.5. The topological polar surface area (TPSA) is 108 Å². The van der Waals surface area contributed by atoms with Crippen molar-refractivity contribution >= 4 is 41.1 Å². The van der Waals surface area contributed by atoms with Crippen LogP contribution in [-0.2, 0) is 15.9 Å². The van der Waals surface area contributed by atoms with Crippen molar-refractivity contribution in [2.24, 2.45) is 5.73 Å². The Bertz CT molecular complexity index is 1200. The van der Waals surface area contributed by atoms with Crippen LogP contribution < -0.4 is 16.6 Å². The molecule has 0 radical (unpaired) electrons. The molecule has 9 heteroatoms. The minimum absolute atomic E-state index is 0.275. The highest BCUT2D eigenvalue weighted by Gasteiger charge is 2.52. The summed E-state index contributed by atoms with van der Waals surface area (Å²) in [7, 11) is -0.560. The summed E-state index contributed by atoms with van der Waals surface area (Å²) in [5.74, 6) is -0.946. The number of primary amides is 1. The fourth-order valence-corrected chi connectivity index (χ4v) is 3.84. The molecule has 32 heavy (non-hydrogen) atoms. The van der Waals surface area contributed by atoms with Crippen molar-refractivity contribution in [1.29, 1.82) is 0 Å². The van der Waals surface area contributed by atoms with Gasteiger partial charge in [-0.1, -0.05) is 6.07 Å². The van der Waals surface area contributed by atoms with Crippen LogP contribution >= 0.6 is 0 Å². The maximum absolute atomic E-state index is 13.1. The molecule has 3 heterocycles. The van der Waals surface area contributed by atoms with Crippen LogP contribution in [0.1, 0.15) is 55.5 Å². The third-order valence-corrected chi connectivity index (χ3v) is 6.27. The van der Waals surface area contributed by atoms with Crippen LogP contribution in [0, 0.1) is 0 Å². The highest BCUT2D eigenvalue weighted by Crippen LogP contribution is 2.37. The molecule has 4 rings (SSSR count). The van der Waals surface area contributed by atoms with E-state index in [-0.39, 0.29) is 11.6 Å². The fourth-order valence-electron chi connectivity index (χ4n) is 3.84. The second kappa shape index (κ2) is 7.76. The fraction of sp³-hybridized carbons (Fsp3) is 0.348. The molecule has 2 amide bonds. The van der Waals surface area contributed by atoms with Gasteiger partial charge in [0, 0.05) is 35.0 Å². The molecule has 0 spiro atoms. The molecular weight excluding hydrogens is 407 g/mol. The first-order valence-electron chi connectivity index (χ1n) is 10.6. The zero-order chi connectivity index (χ0) is 23.3. The van der Waals surface area contributed by atoms with E-state index in [0.29, 0.717) is 23.3 Å². The molecule has 2 aromatic heterocycles. The zero-order valence-electron chi connectivity index (χ0n) is 18.9. The van der Waals surface area contributed by atoms with Crippen LogP contribution in [0.5, 0.6) is 0 Å². The summed E-state index contributed by atoms with van der Waals surface area (Å²) in [6.07, 6.45) is 1.60. The van der Waals surface area contributed by atoms with Gasteiger partial charge in [0.15, 0.2) is 5.69 Å². The van der Waals surface area contributed by atoms with Crippen LogP contribution in [0.25, 0.3) is 10.9 Å². The Morgan fingerprint density at radius 1 is 1.12 bits per heavy atom. The molecule has 1 saturated heterocycles. The molecule has 1 aliphatic heterocycles. The Kier molecular flexibility index (Phi) is 5.34. The average Bonchev–Trinajstić information content (AvgIpc) is 3.21. The molecule has 0 saturated carbocycles. The molecule has 0 aliphatic carbocycles. The van der Waals surface area contributed by atoms with Gasteiger partial charge in [0.1, 0.15) is 0 Å². The summed E-state index contributed by atoms with van der Waals surface area (Å²) in [6, 6.07) is 10.3. The molecule has 0 atom stereocenters. The molecular formula is C23H27BN4O4. The number of pyridine rings is 1. The van der Waals surface area contributed by atoms with E-state index in [1.165, 1.54) is 6.07 Å². The lowest BCUT2D eigenvalue weighted by atomic mass is 9.84. The number of aryl methyl sites for hydroxylation is 1. The zero-order valence-corrected chi connectivity index (χ0v) is 18.9. The summed E-state index contributed by atoms with van der Waals surface area (Å²) in [5, 5.41) is 3.68. The van der Waals surface area contributed by atoms with Gasteiger partial charge in [0.2, 0.25) is 5.91 Å². The first kappa shape index (κ1) is 22.0. The number of amides is 2. The second-order valence-corrected chi connectivity index (χ2v) is 8.90. The Hall–Kier alpha value is -3.17. The average molecular weight is 434 g/mol. The monoisotopic (exact) mass is 434 g/mol. The van der Waals surface area contributed by atoms with E-state index in [2.05, 4.69) is 10.3 Å². The Balaban J connectivity index is 1.73. The number of fused-ring (bicyclic) bond motifs is 1. The van der Waals surface area contributed by atoms with E-state index in [4.69, 9.17) is 15.0 Å². The predicted molar refractivity (Wildman–Crippen MR) is 124 cm³/mol. The smallest absolute Gasteiger partial charge is 0.398 e. The highest BCUT2D eigenvalue weighted by atomic mass is 16.7. The van der Waals surface area contributed by atoms with Crippen LogP contribution in [0.3, 0.4) is 0 Å². The van der Waals surface area contributed by atoms with Gasteiger partial charge in [-0.25, -0.2) is 4.98 Å². The van der Waals surface area contributed by atoms with E-state index in [0.717, 1.165) is 11.0 Å². The highest BCUT2D eigenvalue weighted by molar-refractivity contribution is 6.62. The van der Waals surface area contributed by atoms with Crippen LogP contribution in [0.15, 0.2) is 42.6 Å². The SMILES string of the molecule is CCn1c(B2OC(C)(C)C(C)(C)O2)cc2ccnc(C(=O)Nc3cccc(C(N)=O)c3)c21. The standard InChI is InChI=1S/C23H27BN4O4/c1-6-28-17(24-31-22(2,3)23(4,5)32-24)13-14-10-11-26-18(19(14)28)21(30)27-16-9-7-8-15(12-16)20(25)29/h7-13H,6H2,1-5H3,(H2,25,29)(H,27,30). The van der Waals surface area contributed by atoms with Crippen LogP contribution in [0.4, 0.5) is 5.69 Å². The number of hydrogen-bond acceptors (Lipinski definition) is 5. The number of benzene rings is 1. The summed E-state index contributed by atoms with van der Waals surface area (Å²) >= 11 is 0. The molecule has 8 nitrogen and oxygen atoms in total. The molecule has 0 bridgehead atoms. The number of anilines is 1. The van der Waals surface area contributed by atoms with Crippen LogP contribution in [0.2, 0.25) is 0 Å². The van der Waals surface area contributed by atoms with Crippen LogP contribution in [-0.4, -0.2) is 39.7 Å². The third-order valence-electron chi connectivity index (χ3n) is 6.27. The number of hydrogen-bond donors (Lipinski definition) is 2. The Labute approximate surface area is 187 Å². The number of nitrogens with two attached hydrogens (primary N) is 1. The van der Waals surface area contributed by atoms with Crippen molar-refractivity contribution in [3.8, 4) is 0 Å². The van der Waals surface area contributed by atoms with Crippen molar-refractivity contribution in [2.75, 3.05) is 5.32 Å². The number of carbonyl (C=O) groups is 2. The summed E-state index contributed by atoms with van der Waals surface area (Å²) in [5.41, 5.74) is 6.98. The van der Waals surface area contributed by atoms with E-state index >= 15 is 0 Å². The maximum atomic E-state index is 13.1. The van der Waals surface area contributed by atoms with Gasteiger partial charge in [-0.2, -0.15) is 0 Å². The normalized spacial score (nSPS) is 17.0. The second-order valence-electron chi connectivity index (χ2n) is 8.90. The van der Waals surface area contributed by atoms with E-state index in [1.807, 2.05) is 51.3 Å². The first-order valence-corrected chi connectivity index (χ1v) is 10.6. The summed E-state index contributed by atoms with van der Waals surface area (Å²) in [4.78, 5) is 29.0.